The van der Waals surface area contributed by atoms with E-state index >= 15 is 0 Å². The molecule has 2 bridgehead atoms. The number of alkyl halides is 1. The summed E-state index contributed by atoms with van der Waals surface area (Å²) in [6.45, 7) is 4.86. The first-order valence-electron chi connectivity index (χ1n) is 4.28. The molecule has 0 aliphatic carbocycles. The van der Waals surface area contributed by atoms with Crippen LogP contribution in [-0.2, 0) is 0 Å². The molecule has 3 aliphatic rings. The highest BCUT2D eigenvalue weighted by atomic mass is 127. The fourth-order valence-corrected chi connectivity index (χ4v) is 2.57. The molecule has 3 saturated heterocycles. The van der Waals surface area contributed by atoms with Crippen molar-refractivity contribution in [3.8, 4) is 0 Å². The zero-order chi connectivity index (χ0) is 8.01. The molecule has 0 spiro atoms. The Hall–Kier alpha value is 0.650. The van der Waals surface area contributed by atoms with E-state index < -0.39 is 0 Å². The van der Waals surface area contributed by atoms with Crippen LogP contribution in [0.2, 0.25) is 0 Å². The van der Waals surface area contributed by atoms with E-state index in [2.05, 4.69) is 46.4 Å². The van der Waals surface area contributed by atoms with E-state index in [1.54, 1.807) is 0 Å². The maximum Gasteiger partial charge on any atom is 0.0591 e. The Labute approximate surface area is 82.1 Å². The second-order valence-electron chi connectivity index (χ2n) is 3.74. The van der Waals surface area contributed by atoms with Crippen LogP contribution in [0.1, 0.15) is 13.3 Å². The second kappa shape index (κ2) is 2.85. The van der Waals surface area contributed by atoms with Crippen molar-refractivity contribution in [2.45, 2.75) is 29.5 Å². The molecule has 0 aromatic carbocycles. The van der Waals surface area contributed by atoms with Crippen LogP contribution >= 0.6 is 22.6 Å². The normalized spacial score (nSPS) is 41.7. The third-order valence-corrected chi connectivity index (χ3v) is 3.88. The van der Waals surface area contributed by atoms with Crippen molar-refractivity contribution < 1.29 is 0 Å². The minimum atomic E-state index is 0.714. The number of fused-ring (bicyclic) bond motifs is 2. The molecule has 0 amide bonds. The van der Waals surface area contributed by atoms with Crippen LogP contribution in [-0.4, -0.2) is 46.1 Å². The summed E-state index contributed by atoms with van der Waals surface area (Å²) in [6.07, 6.45) is 1.44. The molecule has 0 radical (unpaired) electrons. The summed E-state index contributed by atoms with van der Waals surface area (Å²) in [5.41, 5.74) is 0. The number of nitrogens with zero attached hydrogens (tertiary/aromatic N) is 2. The quantitative estimate of drug-likeness (QED) is 0.399. The predicted molar refractivity (Wildman–Crippen MR) is 55.0 cm³/mol. The van der Waals surface area contributed by atoms with E-state index in [1.807, 2.05) is 0 Å². The van der Waals surface area contributed by atoms with Gasteiger partial charge in [-0.25, -0.2) is 0 Å². The van der Waals surface area contributed by atoms with Crippen LogP contribution in [0.3, 0.4) is 0 Å². The van der Waals surface area contributed by atoms with Gasteiger partial charge in [0.1, 0.15) is 0 Å². The van der Waals surface area contributed by atoms with Gasteiger partial charge in [0.25, 0.3) is 0 Å². The zero-order valence-electron chi connectivity index (χ0n) is 7.13. The molecule has 3 heteroatoms. The summed E-state index contributed by atoms with van der Waals surface area (Å²) < 4.78 is 0.714. The van der Waals surface area contributed by atoms with Gasteiger partial charge in [0.05, 0.1) is 4.05 Å². The summed E-state index contributed by atoms with van der Waals surface area (Å²) in [7, 11) is 2.26. The third kappa shape index (κ3) is 1.31. The molecule has 3 rings (SSSR count). The van der Waals surface area contributed by atoms with Crippen LogP contribution in [0.4, 0.5) is 0 Å². The lowest BCUT2D eigenvalue weighted by molar-refractivity contribution is -0.0505. The lowest BCUT2D eigenvalue weighted by atomic mass is 9.88. The Kier molecular flexibility index (Phi) is 2.14. The van der Waals surface area contributed by atoms with Crippen molar-refractivity contribution in [2.75, 3.05) is 20.1 Å². The Balaban J connectivity index is 1.94. The molecule has 0 N–H and O–H groups in total. The second-order valence-corrected chi connectivity index (χ2v) is 5.54. The van der Waals surface area contributed by atoms with Crippen molar-refractivity contribution in [2.24, 2.45) is 0 Å². The fourth-order valence-electron chi connectivity index (χ4n) is 2.12. The van der Waals surface area contributed by atoms with Gasteiger partial charge in [0.2, 0.25) is 0 Å². The largest absolute Gasteiger partial charge is 0.298 e. The molecule has 0 aromatic rings. The van der Waals surface area contributed by atoms with Gasteiger partial charge >= 0.3 is 0 Å². The molecule has 3 heterocycles. The summed E-state index contributed by atoms with van der Waals surface area (Å²) in [5, 5.41) is 0. The maximum absolute atomic E-state index is 2.58. The molecule has 3 atom stereocenters. The molecule has 3 aliphatic heterocycles. The molecule has 64 valence electrons. The Morgan fingerprint density at radius 1 is 1.36 bits per heavy atom. The number of hydrogen-bond acceptors (Lipinski definition) is 2. The number of piperazine rings is 1. The fraction of sp³-hybridized carbons (Fsp3) is 1.00. The lowest BCUT2D eigenvalue weighted by Crippen LogP contribution is -2.67. The molecule has 11 heavy (non-hydrogen) atoms. The Morgan fingerprint density at radius 2 is 1.91 bits per heavy atom. The monoisotopic (exact) mass is 266 g/mol. The Morgan fingerprint density at radius 3 is 2.27 bits per heavy atom. The highest BCUT2D eigenvalue weighted by Gasteiger charge is 2.42. The van der Waals surface area contributed by atoms with Gasteiger partial charge in [-0.1, -0.05) is 22.6 Å². The van der Waals surface area contributed by atoms with Gasteiger partial charge in [-0.2, -0.15) is 0 Å². The molecule has 0 aromatic heterocycles. The van der Waals surface area contributed by atoms with E-state index in [9.17, 15) is 0 Å². The minimum absolute atomic E-state index is 0.714. The average Bonchev–Trinajstić information content (AvgIpc) is 2.03. The number of halogens is 1. The van der Waals surface area contributed by atoms with E-state index in [4.69, 9.17) is 0 Å². The number of hydrogen-bond donors (Lipinski definition) is 0. The summed E-state index contributed by atoms with van der Waals surface area (Å²) in [6, 6.07) is 1.73. The predicted octanol–water partition coefficient (Wildman–Crippen LogP) is 1.16. The molecular formula is C8H15IN2. The topological polar surface area (TPSA) is 6.48 Å². The van der Waals surface area contributed by atoms with Crippen LogP contribution in [0.15, 0.2) is 0 Å². The zero-order valence-corrected chi connectivity index (χ0v) is 9.28. The minimum Gasteiger partial charge on any atom is -0.298 e. The van der Waals surface area contributed by atoms with Crippen LogP contribution in [0.25, 0.3) is 0 Å². The molecule has 3 fully saturated rings. The van der Waals surface area contributed by atoms with Gasteiger partial charge in [-0.05, 0) is 20.4 Å². The third-order valence-electron chi connectivity index (χ3n) is 3.09. The first-order valence-corrected chi connectivity index (χ1v) is 5.53. The van der Waals surface area contributed by atoms with E-state index in [0.717, 1.165) is 12.1 Å². The van der Waals surface area contributed by atoms with E-state index in [1.165, 1.54) is 19.5 Å². The number of likely N-dealkylation sites (N-methyl/N-ethyl adjacent to an activating group) is 1. The van der Waals surface area contributed by atoms with Gasteiger partial charge in [-0.3, -0.25) is 9.80 Å². The van der Waals surface area contributed by atoms with Crippen molar-refractivity contribution in [1.29, 1.82) is 0 Å². The molecular weight excluding hydrogens is 251 g/mol. The van der Waals surface area contributed by atoms with E-state index in [-0.39, 0.29) is 0 Å². The van der Waals surface area contributed by atoms with Crippen molar-refractivity contribution in [1.82, 2.24) is 9.80 Å². The standard InChI is InChI=1S/C8H15IN2/c1-6(9)11-4-7-3-8(5-11)10(7)2/h6-8H,3-5H2,1-2H3. The maximum atomic E-state index is 2.58. The summed E-state index contributed by atoms with van der Waals surface area (Å²) in [5.74, 6) is 0. The smallest absolute Gasteiger partial charge is 0.0591 e. The Bertz CT molecular complexity index is 148. The molecule has 3 unspecified atom stereocenters. The first kappa shape index (κ1) is 8.26. The molecule has 0 saturated carbocycles. The summed E-state index contributed by atoms with van der Waals surface area (Å²) in [4.78, 5) is 5.11. The van der Waals surface area contributed by atoms with Gasteiger partial charge in [0.15, 0.2) is 0 Å². The van der Waals surface area contributed by atoms with Gasteiger partial charge < -0.3 is 0 Å². The van der Waals surface area contributed by atoms with Crippen LogP contribution in [0.5, 0.6) is 0 Å². The highest BCUT2D eigenvalue weighted by molar-refractivity contribution is 14.1. The van der Waals surface area contributed by atoms with Crippen molar-refractivity contribution in [3.63, 3.8) is 0 Å². The van der Waals surface area contributed by atoms with Crippen LogP contribution < -0.4 is 0 Å². The average molecular weight is 266 g/mol. The first-order chi connectivity index (χ1) is 5.18. The van der Waals surface area contributed by atoms with Gasteiger partial charge in [0, 0.05) is 25.2 Å². The van der Waals surface area contributed by atoms with Gasteiger partial charge in [-0.15, -0.1) is 0 Å². The SMILES string of the molecule is CC(I)N1CC2CC(C1)N2C. The van der Waals surface area contributed by atoms with Crippen LogP contribution in [0, 0.1) is 0 Å². The molecule has 2 nitrogen and oxygen atoms in total. The number of piperidine rings is 1. The van der Waals surface area contributed by atoms with Crippen molar-refractivity contribution >= 4 is 22.6 Å². The lowest BCUT2D eigenvalue weighted by Gasteiger charge is -2.55. The number of rotatable bonds is 1. The summed E-state index contributed by atoms with van der Waals surface area (Å²) >= 11 is 2.51. The highest BCUT2D eigenvalue weighted by Crippen LogP contribution is 2.31. The van der Waals surface area contributed by atoms with E-state index in [0.29, 0.717) is 4.05 Å². The van der Waals surface area contributed by atoms with Crippen molar-refractivity contribution in [3.05, 3.63) is 0 Å².